The summed E-state index contributed by atoms with van der Waals surface area (Å²) in [7, 11) is 0. The number of phenolic OH excluding ortho intramolecular Hbond substituents is 1. The first kappa shape index (κ1) is 16.9. The van der Waals surface area contributed by atoms with Crippen molar-refractivity contribution < 1.29 is 9.84 Å². The van der Waals surface area contributed by atoms with Gasteiger partial charge in [-0.05, 0) is 42.7 Å². The lowest BCUT2D eigenvalue weighted by molar-refractivity contribution is 0.248. The van der Waals surface area contributed by atoms with Gasteiger partial charge in [0, 0.05) is 40.6 Å². The number of benzene rings is 3. The number of aryl methyl sites for hydroxylation is 2. The van der Waals surface area contributed by atoms with E-state index in [9.17, 15) is 5.11 Å². The van der Waals surface area contributed by atoms with Crippen LogP contribution in [0.3, 0.4) is 0 Å². The predicted molar refractivity (Wildman–Crippen MR) is 112 cm³/mol. The SMILES string of the molecule is Cc1ccc(C2c3ccc(O)cc3OCC2c2c[nH]c3cc(C)ccc23)cc1. The van der Waals surface area contributed by atoms with Crippen LogP contribution >= 0.6 is 0 Å². The first-order valence-electron chi connectivity index (χ1n) is 9.70. The lowest BCUT2D eigenvalue weighted by atomic mass is 9.75. The Morgan fingerprint density at radius 1 is 0.893 bits per heavy atom. The average Bonchev–Trinajstić information content (AvgIpc) is 3.10. The Bertz CT molecular complexity index is 1160. The summed E-state index contributed by atoms with van der Waals surface area (Å²) in [6.07, 6.45) is 2.13. The van der Waals surface area contributed by atoms with Crippen LogP contribution in [0.4, 0.5) is 0 Å². The second-order valence-electron chi connectivity index (χ2n) is 7.82. The van der Waals surface area contributed by atoms with Crippen molar-refractivity contribution in [3.8, 4) is 11.5 Å². The normalized spacial score (nSPS) is 18.6. The molecule has 1 aliphatic rings. The fraction of sp³-hybridized carbons (Fsp3) is 0.200. The first-order valence-corrected chi connectivity index (χ1v) is 9.70. The van der Waals surface area contributed by atoms with Crippen LogP contribution in [0, 0.1) is 13.8 Å². The Kier molecular flexibility index (Phi) is 3.90. The van der Waals surface area contributed by atoms with Gasteiger partial charge >= 0.3 is 0 Å². The van der Waals surface area contributed by atoms with Gasteiger partial charge in [0.15, 0.2) is 0 Å². The molecule has 3 aromatic carbocycles. The number of hydrogen-bond donors (Lipinski definition) is 2. The van der Waals surface area contributed by atoms with E-state index in [1.807, 2.05) is 6.07 Å². The van der Waals surface area contributed by atoms with Crippen molar-refractivity contribution in [2.24, 2.45) is 0 Å². The van der Waals surface area contributed by atoms with Crippen LogP contribution in [-0.4, -0.2) is 16.7 Å². The zero-order chi connectivity index (χ0) is 19.3. The van der Waals surface area contributed by atoms with Crippen LogP contribution in [-0.2, 0) is 0 Å². The predicted octanol–water partition coefficient (Wildman–Crippen LogP) is 5.80. The molecule has 0 bridgehead atoms. The number of aromatic amines is 1. The molecule has 3 heteroatoms. The van der Waals surface area contributed by atoms with Crippen molar-refractivity contribution in [1.29, 1.82) is 0 Å². The fourth-order valence-corrected chi connectivity index (χ4v) is 4.42. The topological polar surface area (TPSA) is 45.2 Å². The molecule has 5 rings (SSSR count). The maximum atomic E-state index is 9.91. The van der Waals surface area contributed by atoms with Gasteiger partial charge in [-0.15, -0.1) is 0 Å². The quantitative estimate of drug-likeness (QED) is 0.469. The van der Waals surface area contributed by atoms with E-state index in [0.717, 1.165) is 16.8 Å². The highest BCUT2D eigenvalue weighted by Gasteiger charge is 2.34. The number of fused-ring (bicyclic) bond motifs is 2. The van der Waals surface area contributed by atoms with E-state index in [4.69, 9.17) is 4.74 Å². The van der Waals surface area contributed by atoms with Crippen LogP contribution in [0.25, 0.3) is 10.9 Å². The van der Waals surface area contributed by atoms with Crippen molar-refractivity contribution >= 4 is 10.9 Å². The number of ether oxygens (including phenoxy) is 1. The molecule has 2 N–H and O–H groups in total. The summed E-state index contributed by atoms with van der Waals surface area (Å²) in [5.74, 6) is 1.38. The summed E-state index contributed by atoms with van der Waals surface area (Å²) in [5, 5.41) is 11.2. The van der Waals surface area contributed by atoms with Crippen molar-refractivity contribution in [1.82, 2.24) is 4.98 Å². The number of aromatic hydroxyl groups is 1. The van der Waals surface area contributed by atoms with E-state index in [-0.39, 0.29) is 17.6 Å². The van der Waals surface area contributed by atoms with E-state index < -0.39 is 0 Å². The van der Waals surface area contributed by atoms with E-state index in [2.05, 4.69) is 67.5 Å². The molecule has 0 aliphatic carbocycles. The highest BCUT2D eigenvalue weighted by molar-refractivity contribution is 5.84. The number of phenols is 1. The smallest absolute Gasteiger partial charge is 0.126 e. The molecule has 2 unspecified atom stereocenters. The zero-order valence-corrected chi connectivity index (χ0v) is 16.1. The minimum atomic E-state index is 0.172. The maximum Gasteiger partial charge on any atom is 0.126 e. The summed E-state index contributed by atoms with van der Waals surface area (Å²) in [6.45, 7) is 4.80. The van der Waals surface area contributed by atoms with Crippen LogP contribution in [0.2, 0.25) is 0 Å². The number of H-pyrrole nitrogens is 1. The van der Waals surface area contributed by atoms with E-state index in [1.165, 1.54) is 27.6 Å². The Labute approximate surface area is 164 Å². The Morgan fingerprint density at radius 3 is 2.50 bits per heavy atom. The summed E-state index contributed by atoms with van der Waals surface area (Å²) in [5.41, 5.74) is 7.33. The van der Waals surface area contributed by atoms with E-state index in [1.54, 1.807) is 12.1 Å². The third kappa shape index (κ3) is 2.75. The summed E-state index contributed by atoms with van der Waals surface area (Å²) >= 11 is 0. The summed E-state index contributed by atoms with van der Waals surface area (Å²) in [4.78, 5) is 3.44. The first-order chi connectivity index (χ1) is 13.6. The molecule has 0 amide bonds. The molecule has 1 aliphatic heterocycles. The Hall–Kier alpha value is -3.20. The second-order valence-corrected chi connectivity index (χ2v) is 7.82. The molecule has 0 saturated heterocycles. The highest BCUT2D eigenvalue weighted by atomic mass is 16.5. The molecule has 140 valence electrons. The number of nitrogens with one attached hydrogen (secondary N) is 1. The molecule has 4 aromatic rings. The van der Waals surface area contributed by atoms with Gasteiger partial charge in [0.05, 0.1) is 6.61 Å². The molecule has 0 saturated carbocycles. The van der Waals surface area contributed by atoms with Crippen molar-refractivity contribution in [3.63, 3.8) is 0 Å². The number of aromatic nitrogens is 1. The largest absolute Gasteiger partial charge is 0.508 e. The molecule has 1 aromatic heterocycles. The van der Waals surface area contributed by atoms with Gasteiger partial charge in [0.1, 0.15) is 11.5 Å². The van der Waals surface area contributed by atoms with Gasteiger partial charge in [-0.1, -0.05) is 48.0 Å². The fourth-order valence-electron chi connectivity index (χ4n) is 4.42. The molecule has 3 nitrogen and oxygen atoms in total. The van der Waals surface area contributed by atoms with Crippen molar-refractivity contribution in [3.05, 3.63) is 94.7 Å². The molecule has 28 heavy (non-hydrogen) atoms. The standard InChI is InChI=1S/C25H23NO2/c1-15-3-6-17(7-4-15)25-20-10-8-18(27)12-24(20)28-14-22(25)21-13-26-23-11-16(2)5-9-19(21)23/h3-13,22,25-27H,14H2,1-2H3. The maximum absolute atomic E-state index is 9.91. The summed E-state index contributed by atoms with van der Waals surface area (Å²) < 4.78 is 6.11. The lowest BCUT2D eigenvalue weighted by Crippen LogP contribution is -2.25. The summed E-state index contributed by atoms with van der Waals surface area (Å²) in [6, 6.07) is 20.8. The van der Waals surface area contributed by atoms with E-state index >= 15 is 0 Å². The molecule has 0 radical (unpaired) electrons. The third-order valence-corrected chi connectivity index (χ3v) is 5.86. The Morgan fingerprint density at radius 2 is 1.68 bits per heavy atom. The van der Waals surface area contributed by atoms with Crippen LogP contribution in [0.1, 0.15) is 39.7 Å². The zero-order valence-electron chi connectivity index (χ0n) is 16.1. The van der Waals surface area contributed by atoms with Gasteiger partial charge in [-0.2, -0.15) is 0 Å². The van der Waals surface area contributed by atoms with Crippen LogP contribution in [0.15, 0.2) is 66.9 Å². The van der Waals surface area contributed by atoms with Gasteiger partial charge in [0.25, 0.3) is 0 Å². The minimum Gasteiger partial charge on any atom is -0.508 e. The number of hydrogen-bond acceptors (Lipinski definition) is 2. The van der Waals surface area contributed by atoms with Gasteiger partial charge < -0.3 is 14.8 Å². The average molecular weight is 369 g/mol. The molecular weight excluding hydrogens is 346 g/mol. The van der Waals surface area contributed by atoms with Crippen LogP contribution < -0.4 is 4.74 Å². The number of rotatable bonds is 2. The molecule has 0 spiro atoms. The van der Waals surface area contributed by atoms with Crippen LogP contribution in [0.5, 0.6) is 11.5 Å². The lowest BCUT2D eigenvalue weighted by Gasteiger charge is -2.34. The molecule has 0 fully saturated rings. The minimum absolute atomic E-state index is 0.172. The monoisotopic (exact) mass is 369 g/mol. The van der Waals surface area contributed by atoms with Gasteiger partial charge in [-0.3, -0.25) is 0 Å². The second kappa shape index (κ2) is 6.45. The van der Waals surface area contributed by atoms with Gasteiger partial charge in [-0.25, -0.2) is 0 Å². The molecular formula is C25H23NO2. The van der Waals surface area contributed by atoms with Gasteiger partial charge in [0.2, 0.25) is 0 Å². The molecule has 2 heterocycles. The van der Waals surface area contributed by atoms with Crippen molar-refractivity contribution in [2.45, 2.75) is 25.7 Å². The van der Waals surface area contributed by atoms with Crippen molar-refractivity contribution in [2.75, 3.05) is 6.61 Å². The Balaban J connectivity index is 1.69. The highest BCUT2D eigenvalue weighted by Crippen LogP contribution is 2.48. The third-order valence-electron chi connectivity index (χ3n) is 5.86. The molecule has 2 atom stereocenters. The van der Waals surface area contributed by atoms with E-state index in [0.29, 0.717) is 6.61 Å².